The second-order valence-corrected chi connectivity index (χ2v) is 4.13. The molecule has 0 fully saturated rings. The van der Waals surface area contributed by atoms with Gasteiger partial charge in [0.1, 0.15) is 5.75 Å². The third-order valence-corrected chi connectivity index (χ3v) is 2.52. The van der Waals surface area contributed by atoms with Gasteiger partial charge >= 0.3 is 12.0 Å². The summed E-state index contributed by atoms with van der Waals surface area (Å²) in [5.74, 6) is -0.748. The summed E-state index contributed by atoms with van der Waals surface area (Å²) in [7, 11) is 3.48. The standard InChI is InChI=1S/C13H19N3O4/c1-14-7-8-16(2)13(19)15-10-5-3-4-6-11(10)20-9-12(17)18/h3-6,14H,7-9H2,1-2H3,(H,15,19)(H,17,18). The van der Waals surface area contributed by atoms with Crippen molar-refractivity contribution in [2.45, 2.75) is 0 Å². The first-order chi connectivity index (χ1) is 9.54. The molecule has 1 rings (SSSR count). The number of carbonyl (C=O) groups is 2. The molecule has 0 aliphatic carbocycles. The molecule has 0 saturated heterocycles. The lowest BCUT2D eigenvalue weighted by Gasteiger charge is -2.19. The van der Waals surface area contributed by atoms with Gasteiger partial charge in [0.25, 0.3) is 0 Å². The minimum atomic E-state index is -1.07. The molecule has 0 saturated carbocycles. The van der Waals surface area contributed by atoms with E-state index in [0.29, 0.717) is 24.5 Å². The Bertz CT molecular complexity index is 465. The lowest BCUT2D eigenvalue weighted by atomic mass is 10.3. The van der Waals surface area contributed by atoms with E-state index in [1.165, 1.54) is 4.90 Å². The summed E-state index contributed by atoms with van der Waals surface area (Å²) in [5.41, 5.74) is 0.440. The first-order valence-corrected chi connectivity index (χ1v) is 6.15. The van der Waals surface area contributed by atoms with E-state index in [1.807, 2.05) is 0 Å². The molecule has 110 valence electrons. The highest BCUT2D eigenvalue weighted by molar-refractivity contribution is 5.90. The highest BCUT2D eigenvalue weighted by atomic mass is 16.5. The van der Waals surface area contributed by atoms with Gasteiger partial charge in [-0.15, -0.1) is 0 Å². The van der Waals surface area contributed by atoms with E-state index >= 15 is 0 Å². The third-order valence-electron chi connectivity index (χ3n) is 2.52. The number of hydrogen-bond acceptors (Lipinski definition) is 4. The Hall–Kier alpha value is -2.28. The lowest BCUT2D eigenvalue weighted by Crippen LogP contribution is -2.36. The molecule has 7 nitrogen and oxygen atoms in total. The van der Waals surface area contributed by atoms with Gasteiger partial charge < -0.3 is 25.4 Å². The quantitative estimate of drug-likeness (QED) is 0.688. The molecule has 0 aromatic heterocycles. The van der Waals surface area contributed by atoms with Crippen LogP contribution in [0.5, 0.6) is 5.75 Å². The zero-order valence-electron chi connectivity index (χ0n) is 11.5. The fraction of sp³-hybridized carbons (Fsp3) is 0.385. The average molecular weight is 281 g/mol. The largest absolute Gasteiger partial charge is 0.480 e. The molecule has 0 atom stereocenters. The zero-order chi connectivity index (χ0) is 15.0. The number of carboxylic acids is 1. The maximum atomic E-state index is 11.9. The van der Waals surface area contributed by atoms with Crippen LogP contribution in [0.25, 0.3) is 0 Å². The van der Waals surface area contributed by atoms with Gasteiger partial charge in [-0.2, -0.15) is 0 Å². The highest BCUT2D eigenvalue weighted by Crippen LogP contribution is 2.23. The molecule has 3 N–H and O–H groups in total. The Morgan fingerprint density at radius 1 is 1.35 bits per heavy atom. The van der Waals surface area contributed by atoms with Crippen LogP contribution < -0.4 is 15.4 Å². The molecule has 1 aromatic carbocycles. The van der Waals surface area contributed by atoms with Crippen molar-refractivity contribution in [1.82, 2.24) is 10.2 Å². The van der Waals surface area contributed by atoms with Crippen LogP contribution in [0.15, 0.2) is 24.3 Å². The van der Waals surface area contributed by atoms with Crippen molar-refractivity contribution in [2.75, 3.05) is 39.1 Å². The van der Waals surface area contributed by atoms with Crippen LogP contribution in [0, 0.1) is 0 Å². The number of carbonyl (C=O) groups excluding carboxylic acids is 1. The highest BCUT2D eigenvalue weighted by Gasteiger charge is 2.11. The van der Waals surface area contributed by atoms with E-state index in [-0.39, 0.29) is 6.03 Å². The first kappa shape index (κ1) is 15.8. The second-order valence-electron chi connectivity index (χ2n) is 4.13. The molecule has 20 heavy (non-hydrogen) atoms. The Morgan fingerprint density at radius 2 is 2.05 bits per heavy atom. The van der Waals surface area contributed by atoms with E-state index in [2.05, 4.69) is 10.6 Å². The van der Waals surface area contributed by atoms with Crippen LogP contribution in [0.4, 0.5) is 10.5 Å². The minimum absolute atomic E-state index is 0.286. The van der Waals surface area contributed by atoms with E-state index in [1.54, 1.807) is 38.4 Å². The molecule has 1 aromatic rings. The number of urea groups is 1. The molecule has 0 radical (unpaired) electrons. The van der Waals surface area contributed by atoms with Crippen molar-refractivity contribution in [3.63, 3.8) is 0 Å². The maximum absolute atomic E-state index is 11.9. The number of nitrogens with one attached hydrogen (secondary N) is 2. The lowest BCUT2D eigenvalue weighted by molar-refractivity contribution is -0.139. The number of nitrogens with zero attached hydrogens (tertiary/aromatic N) is 1. The number of ether oxygens (including phenoxy) is 1. The predicted molar refractivity (Wildman–Crippen MR) is 75.1 cm³/mol. The number of para-hydroxylation sites is 2. The predicted octanol–water partition coefficient (Wildman–Crippen LogP) is 0.833. The van der Waals surface area contributed by atoms with Crippen LogP contribution in [0.1, 0.15) is 0 Å². The van der Waals surface area contributed by atoms with Gasteiger partial charge in [0, 0.05) is 20.1 Å². The van der Waals surface area contributed by atoms with Gasteiger partial charge in [-0.25, -0.2) is 9.59 Å². The smallest absolute Gasteiger partial charge is 0.341 e. The van der Waals surface area contributed by atoms with Crippen LogP contribution in [0.3, 0.4) is 0 Å². The number of benzene rings is 1. The van der Waals surface area contributed by atoms with Crippen molar-refractivity contribution in [2.24, 2.45) is 0 Å². The molecule has 7 heteroatoms. The number of aliphatic carboxylic acids is 1. The molecule has 0 bridgehead atoms. The van der Waals surface area contributed by atoms with Gasteiger partial charge in [0.2, 0.25) is 0 Å². The Morgan fingerprint density at radius 3 is 2.70 bits per heavy atom. The van der Waals surface area contributed by atoms with Gasteiger partial charge in [0.15, 0.2) is 6.61 Å². The Kier molecular flexibility index (Phi) is 6.31. The fourth-order valence-corrected chi connectivity index (χ4v) is 1.43. The summed E-state index contributed by atoms with van der Waals surface area (Å²) in [6.45, 7) is 0.782. The SMILES string of the molecule is CNCCN(C)C(=O)Nc1ccccc1OCC(=O)O. The summed E-state index contributed by atoms with van der Waals surface area (Å²) < 4.78 is 5.12. The third kappa shape index (κ3) is 5.15. The van der Waals surface area contributed by atoms with E-state index in [4.69, 9.17) is 9.84 Å². The van der Waals surface area contributed by atoms with Crippen LogP contribution in [0.2, 0.25) is 0 Å². The van der Waals surface area contributed by atoms with Crippen LogP contribution >= 0.6 is 0 Å². The van der Waals surface area contributed by atoms with Gasteiger partial charge in [-0.05, 0) is 19.2 Å². The number of likely N-dealkylation sites (N-methyl/N-ethyl adjacent to an activating group) is 2. The molecule has 0 unspecified atom stereocenters. The fourth-order valence-electron chi connectivity index (χ4n) is 1.43. The topological polar surface area (TPSA) is 90.9 Å². The van der Waals surface area contributed by atoms with Gasteiger partial charge in [-0.1, -0.05) is 12.1 Å². The van der Waals surface area contributed by atoms with Gasteiger partial charge in [-0.3, -0.25) is 0 Å². The van der Waals surface area contributed by atoms with Crippen molar-refractivity contribution >= 4 is 17.7 Å². The Labute approximate surface area is 117 Å². The van der Waals surface area contributed by atoms with Crippen molar-refractivity contribution in [3.05, 3.63) is 24.3 Å². The second kappa shape index (κ2) is 8.00. The normalized spacial score (nSPS) is 9.90. The first-order valence-electron chi connectivity index (χ1n) is 6.15. The number of hydrogen-bond donors (Lipinski definition) is 3. The van der Waals surface area contributed by atoms with E-state index in [9.17, 15) is 9.59 Å². The van der Waals surface area contributed by atoms with Gasteiger partial charge in [0.05, 0.1) is 5.69 Å². The molecule has 0 heterocycles. The summed E-state index contributed by atoms with van der Waals surface area (Å²) >= 11 is 0. The molecule has 0 aliphatic rings. The zero-order valence-corrected chi connectivity index (χ0v) is 11.5. The van der Waals surface area contributed by atoms with Crippen molar-refractivity contribution in [3.8, 4) is 5.75 Å². The Balaban J connectivity index is 2.66. The monoisotopic (exact) mass is 281 g/mol. The number of amides is 2. The van der Waals surface area contributed by atoms with E-state index < -0.39 is 12.6 Å². The number of anilines is 1. The summed E-state index contributed by atoms with van der Waals surface area (Å²) in [6.07, 6.45) is 0. The van der Waals surface area contributed by atoms with Crippen molar-refractivity contribution in [1.29, 1.82) is 0 Å². The summed E-state index contributed by atoms with van der Waals surface area (Å²) in [5, 5.41) is 14.2. The van der Waals surface area contributed by atoms with E-state index in [0.717, 1.165) is 0 Å². The average Bonchev–Trinajstić information content (AvgIpc) is 2.43. The minimum Gasteiger partial charge on any atom is -0.480 e. The summed E-state index contributed by atoms with van der Waals surface area (Å²) in [6, 6.07) is 6.41. The molecular formula is C13H19N3O4. The van der Waals surface area contributed by atoms with Crippen LogP contribution in [-0.2, 0) is 4.79 Å². The number of carboxylic acid groups (broad SMARTS) is 1. The molecular weight excluding hydrogens is 262 g/mol. The number of rotatable bonds is 7. The maximum Gasteiger partial charge on any atom is 0.341 e. The van der Waals surface area contributed by atoms with Crippen molar-refractivity contribution < 1.29 is 19.4 Å². The molecule has 0 aliphatic heterocycles. The molecule has 0 spiro atoms. The molecule has 2 amide bonds. The summed E-state index contributed by atoms with van der Waals surface area (Å²) in [4.78, 5) is 23.9. The van der Waals surface area contributed by atoms with Crippen LogP contribution in [-0.4, -0.2) is 55.8 Å².